The van der Waals surface area contributed by atoms with Gasteiger partial charge in [0.2, 0.25) is 0 Å². The lowest BCUT2D eigenvalue weighted by molar-refractivity contribution is -0.149. The summed E-state index contributed by atoms with van der Waals surface area (Å²) in [6.45, 7) is 5.62. The summed E-state index contributed by atoms with van der Waals surface area (Å²) in [6, 6.07) is 13.8. The maximum Gasteiger partial charge on any atom is 0.344 e. The van der Waals surface area contributed by atoms with E-state index in [1.54, 1.807) is 36.4 Å². The molecular weight excluding hydrogens is 372 g/mol. The zero-order valence-corrected chi connectivity index (χ0v) is 17.1. The van der Waals surface area contributed by atoms with Crippen LogP contribution in [-0.4, -0.2) is 38.0 Å². The molecule has 0 saturated carbocycles. The van der Waals surface area contributed by atoms with E-state index < -0.39 is 18.5 Å². The zero-order chi connectivity index (χ0) is 21.4. The first-order chi connectivity index (χ1) is 13.7. The fourth-order valence-corrected chi connectivity index (χ4v) is 2.43. The van der Waals surface area contributed by atoms with Crippen molar-refractivity contribution in [2.24, 2.45) is 0 Å². The second-order valence-electron chi connectivity index (χ2n) is 7.43. The molecule has 0 unspecified atom stereocenters. The number of benzene rings is 2. The van der Waals surface area contributed by atoms with Crippen molar-refractivity contribution in [2.75, 3.05) is 25.6 Å². The van der Waals surface area contributed by atoms with Crippen molar-refractivity contribution in [1.82, 2.24) is 5.32 Å². The van der Waals surface area contributed by atoms with Crippen molar-refractivity contribution in [3.05, 3.63) is 59.7 Å². The predicted octanol–water partition coefficient (Wildman–Crippen LogP) is 2.90. The smallest absolute Gasteiger partial charge is 0.344 e. The van der Waals surface area contributed by atoms with Gasteiger partial charge in [-0.25, -0.2) is 4.79 Å². The molecule has 2 rings (SSSR count). The SMILES string of the molecule is CNC(=O)c1ccc(NC(=O)COC(=O)COc2ccc(C(C)(C)C)cc2)cc1. The number of carbonyl (C=O) groups is 3. The summed E-state index contributed by atoms with van der Waals surface area (Å²) < 4.78 is 10.3. The molecule has 0 atom stereocenters. The molecule has 2 N–H and O–H groups in total. The summed E-state index contributed by atoms with van der Waals surface area (Å²) in [5.74, 6) is -0.795. The maximum atomic E-state index is 11.9. The monoisotopic (exact) mass is 398 g/mol. The Morgan fingerprint density at radius 3 is 2.07 bits per heavy atom. The number of carbonyl (C=O) groups excluding carboxylic acids is 3. The standard InChI is InChI=1S/C22H26N2O5/c1-22(2,3)16-7-11-18(12-8-16)28-14-20(26)29-13-19(25)24-17-9-5-15(6-10-17)21(27)23-4/h5-12H,13-14H2,1-4H3,(H,23,27)(H,24,25). The number of nitrogens with one attached hydrogen (secondary N) is 2. The quantitative estimate of drug-likeness (QED) is 0.700. The first-order valence-corrected chi connectivity index (χ1v) is 9.20. The molecule has 0 saturated heterocycles. The van der Waals surface area contributed by atoms with E-state index >= 15 is 0 Å². The number of ether oxygens (including phenoxy) is 2. The fourth-order valence-electron chi connectivity index (χ4n) is 2.43. The third-order valence-corrected chi connectivity index (χ3v) is 4.10. The van der Waals surface area contributed by atoms with Gasteiger partial charge in [0, 0.05) is 18.3 Å². The second kappa shape index (κ2) is 9.73. The van der Waals surface area contributed by atoms with Crippen LogP contribution in [0.15, 0.2) is 48.5 Å². The Balaban J connectivity index is 1.74. The molecule has 0 heterocycles. The Hall–Kier alpha value is -3.35. The minimum absolute atomic E-state index is 0.0353. The van der Waals surface area contributed by atoms with Gasteiger partial charge in [-0.05, 0) is 47.4 Å². The van der Waals surface area contributed by atoms with Gasteiger partial charge in [-0.1, -0.05) is 32.9 Å². The first-order valence-electron chi connectivity index (χ1n) is 9.20. The number of rotatable bonds is 7. The van der Waals surface area contributed by atoms with Gasteiger partial charge in [0.05, 0.1) is 0 Å². The number of amides is 2. The number of anilines is 1. The summed E-state index contributed by atoms with van der Waals surface area (Å²) in [5, 5.41) is 5.10. The summed E-state index contributed by atoms with van der Waals surface area (Å²) >= 11 is 0. The molecule has 7 heteroatoms. The Morgan fingerprint density at radius 2 is 1.52 bits per heavy atom. The van der Waals surface area contributed by atoms with Gasteiger partial charge < -0.3 is 20.1 Å². The molecule has 0 radical (unpaired) electrons. The largest absolute Gasteiger partial charge is 0.482 e. The molecular formula is C22H26N2O5. The highest BCUT2D eigenvalue weighted by Crippen LogP contribution is 2.24. The van der Waals surface area contributed by atoms with Gasteiger partial charge in [0.25, 0.3) is 11.8 Å². The van der Waals surface area contributed by atoms with Crippen LogP contribution in [0.1, 0.15) is 36.7 Å². The van der Waals surface area contributed by atoms with E-state index in [0.29, 0.717) is 17.0 Å². The van der Waals surface area contributed by atoms with Gasteiger partial charge in [-0.15, -0.1) is 0 Å². The molecule has 7 nitrogen and oxygen atoms in total. The van der Waals surface area contributed by atoms with Crippen LogP contribution < -0.4 is 15.4 Å². The molecule has 0 aliphatic rings. The molecule has 0 bridgehead atoms. The van der Waals surface area contributed by atoms with E-state index in [4.69, 9.17) is 9.47 Å². The van der Waals surface area contributed by atoms with Crippen molar-refractivity contribution >= 4 is 23.5 Å². The van der Waals surface area contributed by atoms with E-state index in [0.717, 1.165) is 5.56 Å². The summed E-state index contributed by atoms with van der Waals surface area (Å²) in [5.41, 5.74) is 2.17. The highest BCUT2D eigenvalue weighted by Gasteiger charge is 2.14. The van der Waals surface area contributed by atoms with Crippen LogP contribution in [0.4, 0.5) is 5.69 Å². The molecule has 0 aromatic heterocycles. The summed E-state index contributed by atoms with van der Waals surface area (Å²) in [7, 11) is 1.54. The average Bonchev–Trinajstić information content (AvgIpc) is 2.70. The molecule has 0 fully saturated rings. The van der Waals surface area contributed by atoms with Crippen LogP contribution in [0.25, 0.3) is 0 Å². The Kier molecular flexibility index (Phi) is 7.36. The molecule has 0 aliphatic heterocycles. The lowest BCUT2D eigenvalue weighted by atomic mass is 9.87. The van der Waals surface area contributed by atoms with Crippen LogP contribution in [0.5, 0.6) is 5.75 Å². The minimum atomic E-state index is -0.644. The number of esters is 1. The molecule has 0 spiro atoms. The third-order valence-electron chi connectivity index (χ3n) is 4.10. The lowest BCUT2D eigenvalue weighted by Gasteiger charge is -2.19. The van der Waals surface area contributed by atoms with Crippen molar-refractivity contribution in [2.45, 2.75) is 26.2 Å². The maximum absolute atomic E-state index is 11.9. The summed E-state index contributed by atoms with van der Waals surface area (Å²) in [6.07, 6.45) is 0. The molecule has 29 heavy (non-hydrogen) atoms. The topological polar surface area (TPSA) is 93.7 Å². The van der Waals surface area contributed by atoms with Crippen molar-refractivity contribution in [1.29, 1.82) is 0 Å². The van der Waals surface area contributed by atoms with Crippen LogP contribution >= 0.6 is 0 Å². The third kappa shape index (κ3) is 6.95. The number of hydrogen-bond donors (Lipinski definition) is 2. The molecule has 2 amide bonds. The summed E-state index contributed by atoms with van der Waals surface area (Å²) in [4.78, 5) is 35.2. The highest BCUT2D eigenvalue weighted by atomic mass is 16.6. The van der Waals surface area contributed by atoms with Crippen molar-refractivity contribution < 1.29 is 23.9 Å². The molecule has 2 aromatic rings. The van der Waals surface area contributed by atoms with Gasteiger partial charge in [0.1, 0.15) is 5.75 Å². The van der Waals surface area contributed by atoms with E-state index in [1.807, 2.05) is 12.1 Å². The Morgan fingerprint density at radius 1 is 0.897 bits per heavy atom. The van der Waals surface area contributed by atoms with Crippen molar-refractivity contribution in [3.8, 4) is 5.75 Å². The van der Waals surface area contributed by atoms with Crippen molar-refractivity contribution in [3.63, 3.8) is 0 Å². The second-order valence-corrected chi connectivity index (χ2v) is 7.43. The fraction of sp³-hybridized carbons (Fsp3) is 0.318. The van der Waals surface area contributed by atoms with Crippen LogP contribution in [0.2, 0.25) is 0 Å². The van der Waals surface area contributed by atoms with Gasteiger partial charge in [-0.2, -0.15) is 0 Å². The average molecular weight is 398 g/mol. The van der Waals surface area contributed by atoms with Crippen LogP contribution in [-0.2, 0) is 19.7 Å². The Bertz CT molecular complexity index is 852. The van der Waals surface area contributed by atoms with Crippen LogP contribution in [0, 0.1) is 0 Å². The first kappa shape index (κ1) is 21.9. The lowest BCUT2D eigenvalue weighted by Crippen LogP contribution is -2.23. The van der Waals surface area contributed by atoms with Gasteiger partial charge in [-0.3, -0.25) is 9.59 Å². The normalized spacial score (nSPS) is 10.8. The van der Waals surface area contributed by atoms with E-state index in [2.05, 4.69) is 31.4 Å². The van der Waals surface area contributed by atoms with E-state index in [-0.39, 0.29) is 17.9 Å². The van der Waals surface area contributed by atoms with Gasteiger partial charge in [0.15, 0.2) is 13.2 Å². The Labute approximate surface area is 170 Å². The molecule has 2 aromatic carbocycles. The van der Waals surface area contributed by atoms with Gasteiger partial charge >= 0.3 is 5.97 Å². The predicted molar refractivity (Wildman–Crippen MR) is 110 cm³/mol. The van der Waals surface area contributed by atoms with Crippen LogP contribution in [0.3, 0.4) is 0 Å². The van der Waals surface area contributed by atoms with E-state index in [1.165, 1.54) is 7.05 Å². The highest BCUT2D eigenvalue weighted by molar-refractivity contribution is 5.96. The minimum Gasteiger partial charge on any atom is -0.482 e. The van der Waals surface area contributed by atoms with E-state index in [9.17, 15) is 14.4 Å². The molecule has 154 valence electrons. The molecule has 0 aliphatic carbocycles. The number of hydrogen-bond acceptors (Lipinski definition) is 5. The zero-order valence-electron chi connectivity index (χ0n) is 17.1.